The third-order valence-electron chi connectivity index (χ3n) is 3.54. The molecule has 4 heteroatoms. The number of nitrogens with zero attached hydrogens (tertiary/aromatic N) is 3. The third-order valence-corrected chi connectivity index (χ3v) is 3.54. The van der Waals surface area contributed by atoms with Crippen molar-refractivity contribution in [1.29, 1.82) is 0 Å². The minimum atomic E-state index is 0. The smallest absolute Gasteiger partial charge is 0.255 e. The Labute approximate surface area is 173 Å². The Morgan fingerprint density at radius 2 is 1.04 bits per heavy atom. The molecule has 3 aromatic heterocycles. The van der Waals surface area contributed by atoms with Crippen LogP contribution in [0.15, 0.2) is 97.3 Å². The summed E-state index contributed by atoms with van der Waals surface area (Å²) in [6, 6.07) is 27.1. The topological polar surface area (TPSA) is 38.7 Å². The van der Waals surface area contributed by atoms with Gasteiger partial charge < -0.3 is 0 Å². The molecule has 0 bridgehead atoms. The number of hydrogen-bond donors (Lipinski definition) is 0. The van der Waals surface area contributed by atoms with Crippen molar-refractivity contribution in [3.8, 4) is 35.1 Å². The summed E-state index contributed by atoms with van der Waals surface area (Å²) in [5, 5.41) is 0. The minimum Gasteiger partial charge on any atom is -0.255 e. The molecule has 0 aliphatic carbocycles. The van der Waals surface area contributed by atoms with Crippen molar-refractivity contribution in [2.75, 3.05) is 0 Å². The van der Waals surface area contributed by atoms with Crippen molar-refractivity contribution in [2.45, 2.75) is 0 Å². The zero-order chi connectivity index (χ0) is 18.0. The van der Waals surface area contributed by atoms with Gasteiger partial charge in [-0.1, -0.05) is 42.3 Å². The van der Waals surface area contributed by atoms with Crippen LogP contribution >= 0.6 is 0 Å². The van der Waals surface area contributed by atoms with E-state index in [1.807, 2.05) is 84.9 Å². The van der Waals surface area contributed by atoms with Crippen LogP contribution < -0.4 is 0 Å². The summed E-state index contributed by atoms with van der Waals surface area (Å²) < 4.78 is 0. The van der Waals surface area contributed by atoms with Crippen molar-refractivity contribution in [1.82, 2.24) is 15.0 Å². The van der Waals surface area contributed by atoms with Gasteiger partial charge in [0.25, 0.3) is 0 Å². The Bertz CT molecular complexity index is 927. The van der Waals surface area contributed by atoms with E-state index in [2.05, 4.69) is 20.9 Å². The van der Waals surface area contributed by atoms with E-state index < -0.39 is 0 Å². The van der Waals surface area contributed by atoms with Crippen LogP contribution in [0, 0.1) is 12.3 Å². The first kappa shape index (κ1) is 20.2. The van der Waals surface area contributed by atoms with Crippen molar-refractivity contribution >= 4 is 0 Å². The first-order chi connectivity index (χ1) is 12.9. The van der Waals surface area contributed by atoms with E-state index in [0.717, 1.165) is 28.3 Å². The molecule has 0 amide bonds. The van der Waals surface area contributed by atoms with Crippen LogP contribution in [0.1, 0.15) is 5.56 Å². The molecule has 0 radical (unpaired) electrons. The van der Waals surface area contributed by atoms with Gasteiger partial charge in [-0.3, -0.25) is 9.97 Å². The minimum absolute atomic E-state index is 0. The van der Waals surface area contributed by atoms with E-state index in [-0.39, 0.29) is 21.1 Å². The van der Waals surface area contributed by atoms with E-state index in [0.29, 0.717) is 0 Å². The van der Waals surface area contributed by atoms with E-state index in [9.17, 15) is 0 Å². The third kappa shape index (κ3) is 5.99. The van der Waals surface area contributed by atoms with Gasteiger partial charge in [-0.05, 0) is 48.5 Å². The molecule has 0 saturated carbocycles. The molecule has 0 atom stereocenters. The van der Waals surface area contributed by atoms with Crippen LogP contribution in [0.25, 0.3) is 22.8 Å². The summed E-state index contributed by atoms with van der Waals surface area (Å²) in [6.45, 7) is 0. The van der Waals surface area contributed by atoms with Gasteiger partial charge >= 0.3 is 21.1 Å². The summed E-state index contributed by atoms with van der Waals surface area (Å²) in [7, 11) is 0. The second-order valence-electron chi connectivity index (χ2n) is 5.35. The summed E-state index contributed by atoms with van der Waals surface area (Å²) in [5.41, 5.74) is 4.40. The summed E-state index contributed by atoms with van der Waals surface area (Å²) >= 11 is 0. The predicted octanol–water partition coefficient (Wildman–Crippen LogP) is 4.87. The summed E-state index contributed by atoms with van der Waals surface area (Å²) in [4.78, 5) is 13.2. The van der Waals surface area contributed by atoms with Crippen LogP contribution in [-0.2, 0) is 21.1 Å². The second-order valence-corrected chi connectivity index (χ2v) is 5.35. The molecule has 3 heterocycles. The first-order valence-corrected chi connectivity index (χ1v) is 8.18. The molecule has 0 unspecified atom stereocenters. The molecule has 0 spiro atoms. The fraction of sp³-hybridized carbons (Fsp3) is 0. The van der Waals surface area contributed by atoms with Crippen LogP contribution in [-0.4, -0.2) is 15.0 Å². The molecule has 3 nitrogen and oxygen atoms in total. The van der Waals surface area contributed by atoms with Gasteiger partial charge in [0.1, 0.15) is 0 Å². The normalized spacial score (nSPS) is 9.15. The maximum Gasteiger partial charge on any atom is 2.00 e. The summed E-state index contributed by atoms with van der Waals surface area (Å²) in [5.74, 6) is 2.53. The van der Waals surface area contributed by atoms with Crippen LogP contribution in [0.3, 0.4) is 0 Å². The van der Waals surface area contributed by atoms with Crippen molar-refractivity contribution in [3.05, 3.63) is 103 Å². The van der Waals surface area contributed by atoms with Gasteiger partial charge in [0.2, 0.25) is 0 Å². The quantitative estimate of drug-likeness (QED) is 0.347. The van der Waals surface area contributed by atoms with Crippen molar-refractivity contribution in [3.63, 3.8) is 0 Å². The average Bonchev–Trinajstić information content (AvgIpc) is 2.76. The standard InChI is InChI=1S/C15H11N3.C8H6.Pt/c1-3-10-16-12(6-1)14-8-5-9-15(18-14)13-7-2-4-11-17-13;1-2-8-6-4-3-5-7-8;/h1-11H;1,3-7H;/q;;+2. The number of aromatic nitrogens is 3. The van der Waals surface area contributed by atoms with Gasteiger partial charge in [-0.25, -0.2) is 4.98 Å². The number of terminal acetylenes is 1. The molecular formula is C23H17N3Pt+2. The zero-order valence-electron chi connectivity index (χ0n) is 14.5. The van der Waals surface area contributed by atoms with Crippen LogP contribution in [0.2, 0.25) is 0 Å². The van der Waals surface area contributed by atoms with E-state index in [1.54, 1.807) is 12.4 Å². The van der Waals surface area contributed by atoms with Gasteiger partial charge in [0, 0.05) is 18.0 Å². The van der Waals surface area contributed by atoms with Gasteiger partial charge in [0.15, 0.2) is 0 Å². The SMILES string of the molecule is C#Cc1ccccc1.[Pt+2].c1ccc(-c2cccc(-c3ccccn3)n2)nc1. The molecule has 132 valence electrons. The molecule has 0 fully saturated rings. The molecule has 27 heavy (non-hydrogen) atoms. The number of hydrogen-bond acceptors (Lipinski definition) is 3. The van der Waals surface area contributed by atoms with Crippen LogP contribution in [0.5, 0.6) is 0 Å². The van der Waals surface area contributed by atoms with E-state index in [4.69, 9.17) is 6.42 Å². The second kappa shape index (κ2) is 10.8. The molecule has 0 N–H and O–H groups in total. The number of rotatable bonds is 2. The molecule has 4 aromatic rings. The fourth-order valence-corrected chi connectivity index (χ4v) is 2.28. The Morgan fingerprint density at radius 1 is 0.556 bits per heavy atom. The molecule has 0 aliphatic rings. The van der Waals surface area contributed by atoms with Crippen molar-refractivity contribution < 1.29 is 21.1 Å². The maximum atomic E-state index is 5.10. The predicted molar refractivity (Wildman–Crippen MR) is 105 cm³/mol. The largest absolute Gasteiger partial charge is 2.00 e. The first-order valence-electron chi connectivity index (χ1n) is 8.18. The van der Waals surface area contributed by atoms with Crippen LogP contribution in [0.4, 0.5) is 0 Å². The molecule has 0 saturated heterocycles. The monoisotopic (exact) mass is 530 g/mol. The van der Waals surface area contributed by atoms with E-state index >= 15 is 0 Å². The molecular weight excluding hydrogens is 513 g/mol. The molecule has 0 aliphatic heterocycles. The Kier molecular flexibility index (Phi) is 8.10. The molecule has 4 rings (SSSR count). The number of pyridine rings is 3. The van der Waals surface area contributed by atoms with E-state index in [1.165, 1.54) is 0 Å². The zero-order valence-corrected chi connectivity index (χ0v) is 16.7. The average molecular weight is 530 g/mol. The maximum absolute atomic E-state index is 5.10. The molecule has 1 aromatic carbocycles. The Hall–Kier alpha value is -3.08. The summed E-state index contributed by atoms with van der Waals surface area (Å²) in [6.07, 6.45) is 8.64. The van der Waals surface area contributed by atoms with Gasteiger partial charge in [-0.2, -0.15) is 0 Å². The Balaban J connectivity index is 0.000000247. The van der Waals surface area contributed by atoms with Gasteiger partial charge in [-0.15, -0.1) is 6.42 Å². The van der Waals surface area contributed by atoms with Crippen molar-refractivity contribution in [2.24, 2.45) is 0 Å². The van der Waals surface area contributed by atoms with Gasteiger partial charge in [0.05, 0.1) is 22.8 Å². The fourth-order valence-electron chi connectivity index (χ4n) is 2.28. The Morgan fingerprint density at radius 3 is 1.44 bits per heavy atom. The number of benzene rings is 1.